The minimum atomic E-state index is -1.35. The number of aliphatic hydroxyl groups excluding tert-OH is 3. The minimum absolute atomic E-state index is 0. The van der Waals surface area contributed by atoms with E-state index in [0.717, 1.165) is 5.57 Å². The van der Waals surface area contributed by atoms with Gasteiger partial charge >= 0.3 is 35.5 Å². The number of allylic oxidation sites excluding steroid dienone is 2. The van der Waals surface area contributed by atoms with E-state index in [4.69, 9.17) is 4.74 Å². The molecule has 0 aromatic carbocycles. The molecule has 8 atom stereocenters. The summed E-state index contributed by atoms with van der Waals surface area (Å²) in [7, 11) is 0. The van der Waals surface area contributed by atoms with Gasteiger partial charge in [0.2, 0.25) is 0 Å². The van der Waals surface area contributed by atoms with E-state index in [9.17, 15) is 30.0 Å². The van der Waals surface area contributed by atoms with Gasteiger partial charge in [-0.05, 0) is 43.1 Å². The van der Waals surface area contributed by atoms with Crippen LogP contribution in [0, 0.1) is 23.7 Å². The molecule has 0 saturated carbocycles. The molecule has 0 unspecified atom stereocenters. The summed E-state index contributed by atoms with van der Waals surface area (Å²) in [6.07, 6.45) is 4.31. The summed E-state index contributed by atoms with van der Waals surface area (Å²) in [5, 5.41) is 40.8. The van der Waals surface area contributed by atoms with E-state index >= 15 is 0 Å². The van der Waals surface area contributed by atoms with Gasteiger partial charge in [0.25, 0.3) is 0 Å². The predicted octanol–water partition coefficient (Wildman–Crippen LogP) is -1.89. The van der Waals surface area contributed by atoms with E-state index in [-0.39, 0.29) is 65.6 Å². The van der Waals surface area contributed by atoms with Gasteiger partial charge in [-0.25, -0.2) is 0 Å². The van der Waals surface area contributed by atoms with Crippen molar-refractivity contribution in [3.63, 3.8) is 0 Å². The number of aliphatic carboxylic acids is 1. The maximum absolute atomic E-state index is 12.4. The third-order valence-corrected chi connectivity index (χ3v) is 6.43. The first-order chi connectivity index (χ1) is 14.1. The van der Waals surface area contributed by atoms with Gasteiger partial charge in [-0.3, -0.25) is 4.79 Å². The normalized spacial score (nSPS) is 30.3. The van der Waals surface area contributed by atoms with Gasteiger partial charge < -0.3 is 30.0 Å². The molecule has 0 heterocycles. The molecule has 31 heavy (non-hydrogen) atoms. The number of carbonyl (C=O) groups excluding carboxylic acids is 2. The molecule has 2 aliphatic carbocycles. The van der Waals surface area contributed by atoms with Crippen LogP contribution in [0.3, 0.4) is 0 Å². The summed E-state index contributed by atoms with van der Waals surface area (Å²) in [6, 6.07) is 0. The smallest absolute Gasteiger partial charge is 0.550 e. The Hall–Kier alpha value is -0.700. The second-order valence-electron chi connectivity index (χ2n) is 8.86. The number of rotatable bonds is 10. The van der Waals surface area contributed by atoms with Crippen LogP contribution in [0.25, 0.3) is 0 Å². The number of hydrogen-bond donors (Lipinski definition) is 3. The Morgan fingerprint density at radius 2 is 1.97 bits per heavy atom. The van der Waals surface area contributed by atoms with Gasteiger partial charge in [-0.2, -0.15) is 0 Å². The number of esters is 1. The Morgan fingerprint density at radius 1 is 1.29 bits per heavy atom. The molecule has 0 saturated heterocycles. The summed E-state index contributed by atoms with van der Waals surface area (Å²) in [4.78, 5) is 23.0. The van der Waals surface area contributed by atoms with Crippen molar-refractivity contribution < 1.29 is 64.3 Å². The van der Waals surface area contributed by atoms with Crippen LogP contribution in [-0.4, -0.2) is 51.7 Å². The zero-order chi connectivity index (χ0) is 22.4. The summed E-state index contributed by atoms with van der Waals surface area (Å²) in [5.41, 5.74) is 0.949. The fraction of sp³-hybridized carbons (Fsp3) is 0.739. The van der Waals surface area contributed by atoms with Crippen molar-refractivity contribution in [2.24, 2.45) is 23.7 Å². The summed E-state index contributed by atoms with van der Waals surface area (Å²) in [5.74, 6) is -1.60. The van der Waals surface area contributed by atoms with Crippen LogP contribution in [0.15, 0.2) is 23.8 Å². The third kappa shape index (κ3) is 8.30. The molecular formula is C23H35NaO7. The maximum atomic E-state index is 12.4. The van der Waals surface area contributed by atoms with Crippen LogP contribution in [-0.2, 0) is 14.3 Å². The van der Waals surface area contributed by atoms with Gasteiger partial charge in [0.05, 0.1) is 24.2 Å². The van der Waals surface area contributed by atoms with Crippen molar-refractivity contribution in [1.82, 2.24) is 0 Å². The Bertz CT molecular complexity index is 662. The van der Waals surface area contributed by atoms with Gasteiger partial charge in [-0.1, -0.05) is 39.0 Å². The monoisotopic (exact) mass is 446 g/mol. The molecule has 0 aromatic heterocycles. The number of carboxylic acids is 1. The summed E-state index contributed by atoms with van der Waals surface area (Å²) in [6.45, 7) is 5.83. The minimum Gasteiger partial charge on any atom is -0.550 e. The SMILES string of the molecule is CC[C@H](C)C(=O)O[C@H]1C[C@H](O)C=C2C=C[C@@H](C)[C@H](CC[C@@H](O)C[C@@H](O)CC(=O)[O-])[C@H]21.[Na+]. The molecule has 7 nitrogen and oxygen atoms in total. The predicted molar refractivity (Wildman–Crippen MR) is 109 cm³/mol. The van der Waals surface area contributed by atoms with E-state index in [2.05, 4.69) is 13.0 Å². The zero-order valence-electron chi connectivity index (χ0n) is 19.1. The van der Waals surface area contributed by atoms with E-state index in [1.807, 2.05) is 26.0 Å². The van der Waals surface area contributed by atoms with Gasteiger partial charge in [0, 0.05) is 24.7 Å². The second kappa shape index (κ2) is 13.1. The first-order valence-electron chi connectivity index (χ1n) is 11.0. The maximum Gasteiger partial charge on any atom is 1.00 e. The van der Waals surface area contributed by atoms with Gasteiger partial charge in [0.15, 0.2) is 0 Å². The molecule has 0 fully saturated rings. The Labute approximate surface area is 206 Å². The molecule has 3 N–H and O–H groups in total. The number of fused-ring (bicyclic) bond motifs is 1. The summed E-state index contributed by atoms with van der Waals surface area (Å²) >= 11 is 0. The van der Waals surface area contributed by atoms with Crippen LogP contribution < -0.4 is 34.7 Å². The standard InChI is InChI=1S/C23H36O7.Na/c1-4-13(2)23(29)30-20-11-17(25)9-15-6-5-14(3)19(22(15)20)8-7-16(24)10-18(26)12-21(27)28;/h5-6,9,13-14,16-20,22,24-26H,4,7-8,10-12H2,1-3H3,(H,27,28);/q;+1/p-1/t13-,14+,16+,17+,18+,19-,20-,22-;/m0./s1. The van der Waals surface area contributed by atoms with E-state index in [0.29, 0.717) is 25.7 Å². The number of ether oxygens (including phenoxy) is 1. The number of hydrogen-bond acceptors (Lipinski definition) is 7. The molecule has 2 aliphatic rings. The molecule has 0 spiro atoms. The van der Waals surface area contributed by atoms with E-state index in [1.54, 1.807) is 0 Å². The van der Waals surface area contributed by atoms with Crippen molar-refractivity contribution in [2.45, 2.75) is 83.7 Å². The largest absolute Gasteiger partial charge is 1.00 e. The number of carbonyl (C=O) groups is 2. The second-order valence-corrected chi connectivity index (χ2v) is 8.86. The van der Waals surface area contributed by atoms with Crippen LogP contribution >= 0.6 is 0 Å². The number of aliphatic hydroxyl groups is 3. The van der Waals surface area contributed by atoms with Crippen LogP contribution in [0.4, 0.5) is 0 Å². The molecule has 0 aliphatic heterocycles. The molecule has 0 amide bonds. The average molecular weight is 447 g/mol. The Balaban J connectivity index is 0.00000480. The van der Waals surface area contributed by atoms with Gasteiger partial charge in [-0.15, -0.1) is 0 Å². The molecular weight excluding hydrogens is 411 g/mol. The molecule has 8 heteroatoms. The van der Waals surface area contributed by atoms with Crippen LogP contribution in [0.2, 0.25) is 0 Å². The summed E-state index contributed by atoms with van der Waals surface area (Å²) < 4.78 is 5.83. The topological polar surface area (TPSA) is 127 Å². The quantitative estimate of drug-likeness (QED) is 0.265. The molecule has 0 aromatic rings. The van der Waals surface area contributed by atoms with Crippen molar-refractivity contribution >= 4 is 11.9 Å². The van der Waals surface area contributed by atoms with Crippen LogP contribution in [0.1, 0.15) is 59.3 Å². The Morgan fingerprint density at radius 3 is 2.58 bits per heavy atom. The molecule has 0 bridgehead atoms. The number of carboxylic acid groups (broad SMARTS) is 1. The third-order valence-electron chi connectivity index (χ3n) is 6.43. The van der Waals surface area contributed by atoms with Crippen LogP contribution in [0.5, 0.6) is 0 Å². The van der Waals surface area contributed by atoms with Crippen molar-refractivity contribution in [2.75, 3.05) is 0 Å². The fourth-order valence-corrected chi connectivity index (χ4v) is 4.51. The van der Waals surface area contributed by atoms with E-state index in [1.165, 1.54) is 0 Å². The molecule has 0 radical (unpaired) electrons. The Kier molecular flexibility index (Phi) is 12.0. The van der Waals surface area contributed by atoms with E-state index < -0.39 is 36.8 Å². The first-order valence-corrected chi connectivity index (χ1v) is 11.0. The van der Waals surface area contributed by atoms with Crippen molar-refractivity contribution in [1.29, 1.82) is 0 Å². The van der Waals surface area contributed by atoms with Crippen molar-refractivity contribution in [3.05, 3.63) is 23.8 Å². The first kappa shape index (κ1) is 28.3. The van der Waals surface area contributed by atoms with Crippen molar-refractivity contribution in [3.8, 4) is 0 Å². The fourth-order valence-electron chi connectivity index (χ4n) is 4.51. The van der Waals surface area contributed by atoms with Gasteiger partial charge in [0.1, 0.15) is 6.10 Å². The average Bonchev–Trinajstić information content (AvgIpc) is 2.65. The zero-order valence-corrected chi connectivity index (χ0v) is 21.1. The molecule has 2 rings (SSSR count). The molecule has 170 valence electrons.